The summed E-state index contributed by atoms with van der Waals surface area (Å²) >= 11 is 0. The Morgan fingerprint density at radius 2 is 2.09 bits per heavy atom. The largest absolute Gasteiger partial charge is 0.395 e. The first kappa shape index (κ1) is 22.6. The number of hydrogen-bond donors (Lipinski definition) is 2. The first-order valence-electron chi connectivity index (χ1n) is 11.5. The highest BCUT2D eigenvalue weighted by atomic mass is 19.4. The van der Waals surface area contributed by atoms with E-state index in [2.05, 4.69) is 15.3 Å². The molecule has 1 saturated heterocycles. The van der Waals surface area contributed by atoms with Gasteiger partial charge in [-0.3, -0.25) is 4.79 Å². The lowest BCUT2D eigenvalue weighted by Crippen LogP contribution is -2.39. The SMILES string of the molecule is CCn1ccc2cc(C(=O)N[C@H]3CCc4nc(N5C[C@@H](N)[C@H](C(F)(F)F)C5)ccc4C3)cnc21. The Labute approximate surface area is 195 Å². The van der Waals surface area contributed by atoms with Gasteiger partial charge in [-0.2, -0.15) is 13.2 Å². The first-order valence-corrected chi connectivity index (χ1v) is 11.5. The normalized spacial score (nSPS) is 22.7. The predicted molar refractivity (Wildman–Crippen MR) is 123 cm³/mol. The van der Waals surface area contributed by atoms with Crippen LogP contribution in [0.25, 0.3) is 11.0 Å². The molecule has 3 N–H and O–H groups in total. The molecule has 0 spiro atoms. The van der Waals surface area contributed by atoms with Gasteiger partial charge in [0.25, 0.3) is 5.91 Å². The molecule has 1 aliphatic carbocycles. The van der Waals surface area contributed by atoms with Crippen LogP contribution in [0.15, 0.2) is 36.7 Å². The van der Waals surface area contributed by atoms with Crippen LogP contribution in [0.4, 0.5) is 19.0 Å². The number of nitrogens with two attached hydrogens (primary N) is 1. The maximum Gasteiger partial charge on any atom is 0.395 e. The zero-order chi connectivity index (χ0) is 24.0. The number of aryl methyl sites for hydroxylation is 2. The van der Waals surface area contributed by atoms with Gasteiger partial charge >= 0.3 is 6.18 Å². The molecule has 0 aromatic carbocycles. The van der Waals surface area contributed by atoms with Crippen molar-refractivity contribution in [1.82, 2.24) is 19.9 Å². The van der Waals surface area contributed by atoms with Crippen LogP contribution >= 0.6 is 0 Å². The number of halogens is 3. The number of carbonyl (C=O) groups is 1. The summed E-state index contributed by atoms with van der Waals surface area (Å²) in [6, 6.07) is 6.47. The van der Waals surface area contributed by atoms with Gasteiger partial charge in [-0.25, -0.2) is 9.97 Å². The summed E-state index contributed by atoms with van der Waals surface area (Å²) in [6.45, 7) is 2.82. The molecule has 1 aliphatic heterocycles. The molecule has 2 aliphatic rings. The Hall–Kier alpha value is -3.14. The molecular weight excluding hydrogens is 445 g/mol. The highest BCUT2D eigenvalue weighted by Crippen LogP contribution is 2.35. The Morgan fingerprint density at radius 1 is 1.26 bits per heavy atom. The number of pyridine rings is 2. The molecule has 180 valence electrons. The van der Waals surface area contributed by atoms with Gasteiger partial charge in [0.2, 0.25) is 0 Å². The third-order valence-electron chi connectivity index (χ3n) is 6.90. The highest BCUT2D eigenvalue weighted by Gasteiger charge is 2.48. The van der Waals surface area contributed by atoms with E-state index in [1.165, 1.54) is 0 Å². The molecule has 34 heavy (non-hydrogen) atoms. The molecule has 3 aromatic rings. The molecular formula is C24H27F3N6O. The average molecular weight is 473 g/mol. The lowest BCUT2D eigenvalue weighted by Gasteiger charge is -2.26. The maximum atomic E-state index is 13.2. The lowest BCUT2D eigenvalue weighted by molar-refractivity contribution is -0.171. The van der Waals surface area contributed by atoms with Gasteiger partial charge in [0.05, 0.1) is 11.5 Å². The van der Waals surface area contributed by atoms with Crippen LogP contribution in [0.1, 0.15) is 35.0 Å². The summed E-state index contributed by atoms with van der Waals surface area (Å²) in [7, 11) is 0. The van der Waals surface area contributed by atoms with E-state index < -0.39 is 18.1 Å². The minimum atomic E-state index is -4.31. The van der Waals surface area contributed by atoms with Crippen LogP contribution < -0.4 is 16.0 Å². The Bertz CT molecular complexity index is 1220. The molecule has 7 nitrogen and oxygen atoms in total. The number of anilines is 1. The highest BCUT2D eigenvalue weighted by molar-refractivity contribution is 5.97. The minimum Gasteiger partial charge on any atom is -0.354 e. The minimum absolute atomic E-state index is 0.0431. The van der Waals surface area contributed by atoms with E-state index >= 15 is 0 Å². The van der Waals surface area contributed by atoms with Crippen molar-refractivity contribution >= 4 is 22.8 Å². The maximum absolute atomic E-state index is 13.2. The predicted octanol–water partition coefficient (Wildman–Crippen LogP) is 3.06. The van der Waals surface area contributed by atoms with Gasteiger partial charge < -0.3 is 20.5 Å². The van der Waals surface area contributed by atoms with E-state index in [4.69, 9.17) is 5.73 Å². The van der Waals surface area contributed by atoms with Crippen LogP contribution in [0.5, 0.6) is 0 Å². The van der Waals surface area contributed by atoms with Crippen molar-refractivity contribution in [3.05, 3.63) is 53.5 Å². The zero-order valence-electron chi connectivity index (χ0n) is 18.8. The molecule has 4 heterocycles. The second-order valence-electron chi connectivity index (χ2n) is 9.14. The summed E-state index contributed by atoms with van der Waals surface area (Å²) in [5, 5.41) is 4.02. The number of carbonyl (C=O) groups excluding carboxylic acids is 1. The number of alkyl halides is 3. The van der Waals surface area contributed by atoms with Crippen LogP contribution in [-0.4, -0.2) is 51.8 Å². The molecule has 0 bridgehead atoms. The standard InChI is InChI=1S/C24H27F3N6O/c1-2-32-8-7-15-9-16(11-29-22(15)32)23(34)30-17-4-5-20-14(10-17)3-6-21(31-20)33-12-18(19(28)13-33)24(25,26)27/h3,6-9,11,17-19H,2,4-5,10,12-13,28H2,1H3,(H,30,34)/t17-,18+,19+/m0/s1. The van der Waals surface area contributed by atoms with Crippen molar-refractivity contribution in [2.75, 3.05) is 18.0 Å². The summed E-state index contributed by atoms with van der Waals surface area (Å²) in [5.74, 6) is -1.18. The summed E-state index contributed by atoms with van der Waals surface area (Å²) in [4.78, 5) is 23.5. The van der Waals surface area contributed by atoms with Gasteiger partial charge in [-0.05, 0) is 49.9 Å². The van der Waals surface area contributed by atoms with Gasteiger partial charge in [-0.1, -0.05) is 6.07 Å². The number of rotatable bonds is 4. The molecule has 1 amide bonds. The number of nitrogens with zero attached hydrogens (tertiary/aromatic N) is 4. The fourth-order valence-electron chi connectivity index (χ4n) is 4.99. The Balaban J connectivity index is 1.25. The smallest absolute Gasteiger partial charge is 0.354 e. The first-order chi connectivity index (χ1) is 16.2. The van der Waals surface area contributed by atoms with Crippen molar-refractivity contribution in [3.8, 4) is 0 Å². The molecule has 0 saturated carbocycles. The van der Waals surface area contributed by atoms with E-state index in [1.807, 2.05) is 35.9 Å². The second kappa shape index (κ2) is 8.57. The van der Waals surface area contributed by atoms with Crippen molar-refractivity contribution in [2.45, 2.75) is 51.0 Å². The van der Waals surface area contributed by atoms with Gasteiger partial charge in [0, 0.05) is 55.2 Å². The average Bonchev–Trinajstić information content (AvgIpc) is 3.41. The number of fused-ring (bicyclic) bond motifs is 2. The van der Waals surface area contributed by atoms with Gasteiger partial charge in [0.1, 0.15) is 11.5 Å². The summed E-state index contributed by atoms with van der Waals surface area (Å²) < 4.78 is 41.5. The summed E-state index contributed by atoms with van der Waals surface area (Å²) in [5.41, 5.74) is 9.00. The van der Waals surface area contributed by atoms with Gasteiger partial charge in [-0.15, -0.1) is 0 Å². The van der Waals surface area contributed by atoms with Crippen LogP contribution in [-0.2, 0) is 19.4 Å². The number of nitrogens with one attached hydrogen (secondary N) is 1. The molecule has 1 fully saturated rings. The van der Waals surface area contributed by atoms with Crippen molar-refractivity contribution in [1.29, 1.82) is 0 Å². The van der Waals surface area contributed by atoms with Crippen molar-refractivity contribution in [3.63, 3.8) is 0 Å². The fraction of sp³-hybridized carbons (Fsp3) is 0.458. The molecule has 0 radical (unpaired) electrons. The monoisotopic (exact) mass is 472 g/mol. The molecule has 3 aromatic heterocycles. The van der Waals surface area contributed by atoms with Crippen LogP contribution in [0, 0.1) is 5.92 Å². The number of aromatic nitrogens is 3. The van der Waals surface area contributed by atoms with Gasteiger partial charge in [0.15, 0.2) is 0 Å². The van der Waals surface area contributed by atoms with E-state index in [-0.39, 0.29) is 25.0 Å². The van der Waals surface area contributed by atoms with Crippen LogP contribution in [0.2, 0.25) is 0 Å². The zero-order valence-corrected chi connectivity index (χ0v) is 18.8. The molecule has 3 atom stereocenters. The molecule has 5 rings (SSSR count). The third-order valence-corrected chi connectivity index (χ3v) is 6.90. The Kier molecular flexibility index (Phi) is 5.71. The van der Waals surface area contributed by atoms with E-state index in [9.17, 15) is 18.0 Å². The van der Waals surface area contributed by atoms with E-state index in [0.717, 1.165) is 28.8 Å². The van der Waals surface area contributed by atoms with Crippen molar-refractivity contribution in [2.24, 2.45) is 11.7 Å². The molecule has 10 heteroatoms. The fourth-order valence-corrected chi connectivity index (χ4v) is 4.99. The topological polar surface area (TPSA) is 89.1 Å². The summed E-state index contributed by atoms with van der Waals surface area (Å²) in [6.07, 6.45) is 1.23. The number of amides is 1. The van der Waals surface area contributed by atoms with Crippen LogP contribution in [0.3, 0.4) is 0 Å². The quantitative estimate of drug-likeness (QED) is 0.609. The third kappa shape index (κ3) is 4.22. The van der Waals surface area contributed by atoms with E-state index in [1.54, 1.807) is 17.2 Å². The van der Waals surface area contributed by atoms with Crippen molar-refractivity contribution < 1.29 is 18.0 Å². The van der Waals surface area contributed by atoms with E-state index in [0.29, 0.717) is 30.6 Å². The lowest BCUT2D eigenvalue weighted by atomic mass is 9.91. The second-order valence-corrected chi connectivity index (χ2v) is 9.14. The Morgan fingerprint density at radius 3 is 2.82 bits per heavy atom. The number of hydrogen-bond acceptors (Lipinski definition) is 5. The molecule has 0 unspecified atom stereocenters.